The van der Waals surface area contributed by atoms with E-state index >= 15 is 0 Å². The van der Waals surface area contributed by atoms with E-state index in [0.717, 1.165) is 32.1 Å². The molecule has 0 saturated heterocycles. The van der Waals surface area contributed by atoms with Crippen LogP contribution in [-0.4, -0.2) is 31.3 Å². The first kappa shape index (κ1) is 35.6. The van der Waals surface area contributed by atoms with Crippen molar-refractivity contribution in [1.29, 1.82) is 0 Å². The summed E-state index contributed by atoms with van der Waals surface area (Å²) in [6, 6.07) is 14.1. The average molecular weight is 653 g/mol. The van der Waals surface area contributed by atoms with Crippen LogP contribution >= 0.6 is 0 Å². The molecule has 46 heavy (non-hydrogen) atoms. The summed E-state index contributed by atoms with van der Waals surface area (Å²) in [5.74, 6) is 2.11. The molecule has 2 aromatic carbocycles. The summed E-state index contributed by atoms with van der Waals surface area (Å²) in [4.78, 5) is 0. The summed E-state index contributed by atoms with van der Waals surface area (Å²) in [6.07, 6.45) is 11.3. The predicted molar refractivity (Wildman–Crippen MR) is 188 cm³/mol. The molecular weight excluding hydrogens is 593 g/mol. The van der Waals surface area contributed by atoms with Gasteiger partial charge in [0.25, 0.3) is 0 Å². The Kier molecular flexibility index (Phi) is 10.0. The van der Waals surface area contributed by atoms with Gasteiger partial charge in [0, 0.05) is 6.61 Å². The molecule has 0 radical (unpaired) electrons. The van der Waals surface area contributed by atoms with Gasteiger partial charge in [0.15, 0.2) is 0 Å². The third kappa shape index (κ3) is 6.62. The van der Waals surface area contributed by atoms with Crippen LogP contribution < -0.4 is 0 Å². The number of aryl methyl sites for hydroxylation is 2. The van der Waals surface area contributed by atoms with Crippen LogP contribution in [0, 0.1) is 22.7 Å². The van der Waals surface area contributed by atoms with Gasteiger partial charge in [0.05, 0.1) is 6.61 Å². The van der Waals surface area contributed by atoms with Crippen molar-refractivity contribution in [2.24, 2.45) is 22.7 Å². The van der Waals surface area contributed by atoms with Crippen molar-refractivity contribution >= 4 is 10.4 Å². The molecule has 0 amide bonds. The van der Waals surface area contributed by atoms with Crippen LogP contribution in [0.4, 0.5) is 0 Å². The number of aliphatic hydroxyl groups excluding tert-OH is 1. The van der Waals surface area contributed by atoms with Crippen LogP contribution in [0.3, 0.4) is 0 Å². The molecule has 256 valence electrons. The van der Waals surface area contributed by atoms with E-state index in [1.54, 1.807) is 11.1 Å². The summed E-state index contributed by atoms with van der Waals surface area (Å²) in [5.41, 5.74) is 9.04. The van der Waals surface area contributed by atoms with Crippen molar-refractivity contribution in [3.05, 3.63) is 69.8 Å². The highest BCUT2D eigenvalue weighted by molar-refractivity contribution is 7.80. The molecule has 6 heteroatoms. The highest BCUT2D eigenvalue weighted by Gasteiger charge is 2.53. The molecule has 0 unspecified atom stereocenters. The minimum atomic E-state index is -4.39. The molecule has 6 rings (SSSR count). The average Bonchev–Trinajstić information content (AvgIpc) is 2.99. The minimum Gasteiger partial charge on any atom is -0.396 e. The van der Waals surface area contributed by atoms with Crippen molar-refractivity contribution < 1.29 is 22.3 Å². The van der Waals surface area contributed by atoms with E-state index in [0.29, 0.717) is 30.3 Å². The third-order valence-electron chi connectivity index (χ3n) is 13.2. The molecule has 4 aliphatic rings. The third-order valence-corrected chi connectivity index (χ3v) is 13.7. The fourth-order valence-electron chi connectivity index (χ4n) is 10.6. The molecule has 0 aliphatic heterocycles. The Hall–Kier alpha value is -1.73. The van der Waals surface area contributed by atoms with Gasteiger partial charge in [-0.3, -0.25) is 4.55 Å². The quantitative estimate of drug-likeness (QED) is 0.304. The van der Waals surface area contributed by atoms with Gasteiger partial charge in [-0.25, -0.2) is 4.18 Å². The zero-order valence-electron chi connectivity index (χ0n) is 29.8. The minimum absolute atomic E-state index is 0.0403. The predicted octanol–water partition coefficient (Wildman–Crippen LogP) is 9.45. The number of hydrogen-bond donors (Lipinski definition) is 2. The highest BCUT2D eigenvalue weighted by Crippen LogP contribution is 2.58. The molecule has 2 aromatic rings. The van der Waals surface area contributed by atoms with Crippen LogP contribution in [0.25, 0.3) is 0 Å². The second kappa shape index (κ2) is 12.9. The Morgan fingerprint density at radius 1 is 0.739 bits per heavy atom. The first-order valence-corrected chi connectivity index (χ1v) is 19.3. The SMILES string of the molecule is CC(C)c1ccc2c(c1)CC[C@H]1[C@](C)(CO)CCC[C@]21C.CC(C)c1ccc2c(c1)CC[C@H]1[C@](C)(COS(=O)(=O)O)CCC[C@]21C. The van der Waals surface area contributed by atoms with E-state index in [9.17, 15) is 13.5 Å². The van der Waals surface area contributed by atoms with Gasteiger partial charge in [0.2, 0.25) is 0 Å². The van der Waals surface area contributed by atoms with Crippen LogP contribution in [-0.2, 0) is 38.3 Å². The normalized spacial score (nSPS) is 33.7. The molecule has 5 nitrogen and oxygen atoms in total. The van der Waals surface area contributed by atoms with E-state index in [2.05, 4.69) is 91.8 Å². The van der Waals surface area contributed by atoms with Crippen molar-refractivity contribution in [2.75, 3.05) is 13.2 Å². The lowest BCUT2D eigenvalue weighted by Crippen LogP contribution is -2.51. The largest absolute Gasteiger partial charge is 0.397 e. The Morgan fingerprint density at radius 3 is 1.59 bits per heavy atom. The summed E-state index contributed by atoms with van der Waals surface area (Å²) in [6.45, 7) is 18.6. The Bertz CT molecular complexity index is 1510. The number of hydrogen-bond acceptors (Lipinski definition) is 4. The van der Waals surface area contributed by atoms with Gasteiger partial charge < -0.3 is 5.11 Å². The standard InChI is InChI=1S/C20H30O4S.C20H30O/c1-14(2)15-6-8-17-16(12-15)7-9-18-19(3,13-24-25(21,22)23)10-5-11-20(17,18)4;1-14(2)15-6-8-17-16(12-15)7-9-18-19(3,13-21)10-5-11-20(17,18)4/h6,8,12,14,18H,5,7,9-11,13H2,1-4H3,(H,21,22,23);6,8,12,14,18,21H,5,7,9-11,13H2,1-4H3/t2*18-,19-,20+/m00/s1. The molecule has 2 saturated carbocycles. The summed E-state index contributed by atoms with van der Waals surface area (Å²) >= 11 is 0. The fourth-order valence-corrected chi connectivity index (χ4v) is 11.0. The molecule has 0 heterocycles. The second-order valence-corrected chi connectivity index (χ2v) is 18.1. The molecule has 0 aromatic heterocycles. The zero-order chi connectivity index (χ0) is 33.7. The fraction of sp³-hybridized carbons (Fsp3) is 0.700. The Labute approximate surface area is 279 Å². The van der Waals surface area contributed by atoms with Crippen molar-refractivity contribution in [3.63, 3.8) is 0 Å². The summed E-state index contributed by atoms with van der Waals surface area (Å²) < 4.78 is 36.0. The monoisotopic (exact) mass is 652 g/mol. The van der Waals surface area contributed by atoms with Crippen molar-refractivity contribution in [1.82, 2.24) is 0 Å². The van der Waals surface area contributed by atoms with Gasteiger partial charge in [-0.1, -0.05) is 105 Å². The van der Waals surface area contributed by atoms with Gasteiger partial charge >= 0.3 is 10.4 Å². The van der Waals surface area contributed by atoms with Gasteiger partial charge in [-0.15, -0.1) is 0 Å². The van der Waals surface area contributed by atoms with Gasteiger partial charge in [0.1, 0.15) is 0 Å². The van der Waals surface area contributed by atoms with E-state index < -0.39 is 10.4 Å². The number of benzene rings is 2. The van der Waals surface area contributed by atoms with E-state index in [-0.39, 0.29) is 28.3 Å². The lowest BCUT2D eigenvalue weighted by atomic mass is 9.50. The Morgan fingerprint density at radius 2 is 1.17 bits per heavy atom. The van der Waals surface area contributed by atoms with Gasteiger partial charge in [-0.2, -0.15) is 8.42 Å². The number of aliphatic hydroxyl groups is 1. The second-order valence-electron chi connectivity index (χ2n) is 17.0. The smallest absolute Gasteiger partial charge is 0.396 e. The molecule has 0 bridgehead atoms. The summed E-state index contributed by atoms with van der Waals surface area (Å²) in [7, 11) is -4.39. The molecule has 2 fully saturated rings. The Balaban J connectivity index is 0.000000184. The van der Waals surface area contributed by atoms with Gasteiger partial charge in [-0.05, 0) is 130 Å². The number of rotatable bonds is 6. The van der Waals surface area contributed by atoms with Crippen molar-refractivity contribution in [3.8, 4) is 0 Å². The van der Waals surface area contributed by atoms with E-state index in [4.69, 9.17) is 8.74 Å². The van der Waals surface area contributed by atoms with Crippen molar-refractivity contribution in [2.45, 2.75) is 142 Å². The molecule has 0 spiro atoms. The molecular formula is C40H60O5S. The molecule has 6 atom stereocenters. The highest BCUT2D eigenvalue weighted by atomic mass is 32.3. The van der Waals surface area contributed by atoms with Crippen LogP contribution in [0.1, 0.15) is 152 Å². The molecule has 4 aliphatic carbocycles. The van der Waals surface area contributed by atoms with Crippen LogP contribution in [0.15, 0.2) is 36.4 Å². The summed E-state index contributed by atoms with van der Waals surface area (Å²) in [5, 5.41) is 9.97. The number of fused-ring (bicyclic) bond motifs is 6. The van der Waals surface area contributed by atoms with Crippen LogP contribution in [0.2, 0.25) is 0 Å². The van der Waals surface area contributed by atoms with E-state index in [1.165, 1.54) is 54.4 Å². The first-order valence-electron chi connectivity index (χ1n) is 17.9. The first-order chi connectivity index (χ1) is 21.5. The van der Waals surface area contributed by atoms with Crippen LogP contribution in [0.5, 0.6) is 0 Å². The molecule has 2 N–H and O–H groups in total. The lowest BCUT2D eigenvalue weighted by Gasteiger charge is -2.55. The van der Waals surface area contributed by atoms with E-state index in [1.807, 2.05) is 0 Å². The topological polar surface area (TPSA) is 83.8 Å². The maximum atomic E-state index is 11.1. The zero-order valence-corrected chi connectivity index (χ0v) is 30.6. The lowest BCUT2D eigenvalue weighted by molar-refractivity contribution is -0.0179. The maximum Gasteiger partial charge on any atom is 0.397 e. The maximum absolute atomic E-state index is 11.1.